The van der Waals surface area contributed by atoms with E-state index in [1.165, 1.54) is 16.0 Å². The van der Waals surface area contributed by atoms with Crippen molar-refractivity contribution in [2.45, 2.75) is 26.9 Å². The van der Waals surface area contributed by atoms with Gasteiger partial charge in [0.1, 0.15) is 5.01 Å². The van der Waals surface area contributed by atoms with Crippen molar-refractivity contribution in [3.05, 3.63) is 51.5 Å². The van der Waals surface area contributed by atoms with Crippen molar-refractivity contribution in [1.82, 2.24) is 20.1 Å². The fraction of sp³-hybridized carbons (Fsp3) is 0.474. The maximum atomic E-state index is 4.44. The molecule has 3 rings (SSSR count). The van der Waals surface area contributed by atoms with Crippen LogP contribution in [0.3, 0.4) is 0 Å². The van der Waals surface area contributed by atoms with Crippen LogP contribution >= 0.6 is 35.3 Å². The number of aliphatic imine (C=N–C) groups is 1. The van der Waals surface area contributed by atoms with E-state index in [1.807, 2.05) is 13.2 Å². The molecule has 0 atom stereocenters. The first-order valence-electron chi connectivity index (χ1n) is 8.79. The topological polar surface area (TPSA) is 43.8 Å². The van der Waals surface area contributed by atoms with Crippen molar-refractivity contribution < 1.29 is 0 Å². The van der Waals surface area contributed by atoms with Gasteiger partial charge in [0.15, 0.2) is 5.96 Å². The molecule has 0 radical (unpaired) electrons. The first-order chi connectivity index (χ1) is 12.1. The van der Waals surface area contributed by atoms with Crippen molar-refractivity contribution >= 4 is 41.3 Å². The lowest BCUT2D eigenvalue weighted by atomic mass is 10.1. The highest BCUT2D eigenvalue weighted by atomic mass is 127. The average Bonchev–Trinajstić information content (AvgIpc) is 3.02. The highest BCUT2D eigenvalue weighted by molar-refractivity contribution is 14.0. The number of aryl methyl sites for hydroxylation is 2. The molecule has 26 heavy (non-hydrogen) atoms. The summed E-state index contributed by atoms with van der Waals surface area (Å²) < 4.78 is 0. The maximum Gasteiger partial charge on any atom is 0.194 e. The van der Waals surface area contributed by atoms with E-state index in [4.69, 9.17) is 0 Å². The predicted molar refractivity (Wildman–Crippen MR) is 120 cm³/mol. The van der Waals surface area contributed by atoms with Crippen LogP contribution in [-0.2, 0) is 13.1 Å². The summed E-state index contributed by atoms with van der Waals surface area (Å²) in [5.74, 6) is 0.975. The van der Waals surface area contributed by atoms with Gasteiger partial charge in [0, 0.05) is 50.8 Å². The molecule has 2 heterocycles. The van der Waals surface area contributed by atoms with Gasteiger partial charge in [-0.15, -0.1) is 35.3 Å². The van der Waals surface area contributed by atoms with Crippen LogP contribution in [0.2, 0.25) is 0 Å². The predicted octanol–water partition coefficient (Wildman–Crippen LogP) is 3.27. The van der Waals surface area contributed by atoms with Gasteiger partial charge in [-0.2, -0.15) is 0 Å². The van der Waals surface area contributed by atoms with Gasteiger partial charge in [-0.3, -0.25) is 9.89 Å². The fourth-order valence-corrected chi connectivity index (χ4v) is 3.88. The zero-order valence-corrected chi connectivity index (χ0v) is 18.9. The molecule has 1 N–H and O–H groups in total. The lowest BCUT2D eigenvalue weighted by Gasteiger charge is -2.36. The Morgan fingerprint density at radius 1 is 1.23 bits per heavy atom. The molecule has 0 unspecified atom stereocenters. The van der Waals surface area contributed by atoms with E-state index >= 15 is 0 Å². The SMILES string of the molecule is CN=C(NCc1ncc(C)s1)N1CCN(Cc2cccc(C)c2)CC1.I. The summed E-state index contributed by atoms with van der Waals surface area (Å²) >= 11 is 1.73. The summed E-state index contributed by atoms with van der Waals surface area (Å²) in [4.78, 5) is 15.0. The summed E-state index contributed by atoms with van der Waals surface area (Å²) in [5.41, 5.74) is 2.73. The van der Waals surface area contributed by atoms with Crippen LogP contribution in [0, 0.1) is 13.8 Å². The minimum Gasteiger partial charge on any atom is -0.350 e. The lowest BCUT2D eigenvalue weighted by Crippen LogP contribution is -2.52. The van der Waals surface area contributed by atoms with Gasteiger partial charge in [0.25, 0.3) is 0 Å². The van der Waals surface area contributed by atoms with Gasteiger partial charge in [0.2, 0.25) is 0 Å². The van der Waals surface area contributed by atoms with Crippen LogP contribution in [0.15, 0.2) is 35.5 Å². The summed E-state index contributed by atoms with van der Waals surface area (Å²) in [6.07, 6.45) is 1.93. The number of thiazole rings is 1. The van der Waals surface area contributed by atoms with E-state index in [9.17, 15) is 0 Å². The minimum absolute atomic E-state index is 0. The quantitative estimate of drug-likeness (QED) is 0.410. The average molecular weight is 485 g/mol. The molecule has 1 aliphatic heterocycles. The highest BCUT2D eigenvalue weighted by Gasteiger charge is 2.19. The molecule has 0 saturated carbocycles. The van der Waals surface area contributed by atoms with Gasteiger partial charge in [-0.1, -0.05) is 29.8 Å². The van der Waals surface area contributed by atoms with Crippen molar-refractivity contribution in [2.75, 3.05) is 33.2 Å². The fourth-order valence-electron chi connectivity index (χ4n) is 3.16. The molecule has 1 fully saturated rings. The summed E-state index contributed by atoms with van der Waals surface area (Å²) in [7, 11) is 1.86. The first-order valence-corrected chi connectivity index (χ1v) is 9.60. The Labute approximate surface area is 177 Å². The van der Waals surface area contributed by atoms with Crippen LogP contribution in [0.25, 0.3) is 0 Å². The number of halogens is 1. The Bertz CT molecular complexity index is 722. The maximum absolute atomic E-state index is 4.44. The molecule has 1 aliphatic rings. The van der Waals surface area contributed by atoms with Gasteiger partial charge < -0.3 is 10.2 Å². The van der Waals surface area contributed by atoms with Gasteiger partial charge in [-0.05, 0) is 19.4 Å². The van der Waals surface area contributed by atoms with Crippen molar-refractivity contribution in [3.63, 3.8) is 0 Å². The van der Waals surface area contributed by atoms with E-state index < -0.39 is 0 Å². The minimum atomic E-state index is 0. The molecule has 1 aromatic heterocycles. The van der Waals surface area contributed by atoms with E-state index in [2.05, 4.69) is 63.2 Å². The van der Waals surface area contributed by atoms with Gasteiger partial charge >= 0.3 is 0 Å². The van der Waals surface area contributed by atoms with Gasteiger partial charge in [-0.25, -0.2) is 4.98 Å². The van der Waals surface area contributed by atoms with E-state index in [0.29, 0.717) is 0 Å². The Balaban J connectivity index is 0.00000243. The molecule has 1 saturated heterocycles. The molecular formula is C19H28IN5S. The third-order valence-electron chi connectivity index (χ3n) is 4.44. The molecule has 5 nitrogen and oxygen atoms in total. The zero-order chi connectivity index (χ0) is 17.6. The van der Waals surface area contributed by atoms with Crippen molar-refractivity contribution in [1.29, 1.82) is 0 Å². The Hall–Kier alpha value is -1.19. The molecule has 7 heteroatoms. The molecular weight excluding hydrogens is 457 g/mol. The largest absolute Gasteiger partial charge is 0.350 e. The second kappa shape index (κ2) is 10.2. The number of hydrogen-bond donors (Lipinski definition) is 1. The van der Waals surface area contributed by atoms with Gasteiger partial charge in [0.05, 0.1) is 6.54 Å². The second-order valence-corrected chi connectivity index (χ2v) is 7.84. The third kappa shape index (κ3) is 5.92. The van der Waals surface area contributed by atoms with Crippen molar-refractivity contribution in [3.8, 4) is 0 Å². The van der Waals surface area contributed by atoms with E-state index in [-0.39, 0.29) is 24.0 Å². The number of rotatable bonds is 4. The van der Waals surface area contributed by atoms with Crippen LogP contribution in [0.1, 0.15) is 21.0 Å². The normalized spacial score (nSPS) is 15.7. The molecule has 0 bridgehead atoms. The van der Waals surface area contributed by atoms with Crippen molar-refractivity contribution in [2.24, 2.45) is 4.99 Å². The Kier molecular flexibility index (Phi) is 8.30. The number of hydrogen-bond acceptors (Lipinski definition) is 4. The summed E-state index contributed by atoms with van der Waals surface area (Å²) in [6.45, 7) is 10.1. The number of benzene rings is 1. The van der Waals surface area contributed by atoms with Crippen LogP contribution in [0.5, 0.6) is 0 Å². The zero-order valence-electron chi connectivity index (χ0n) is 15.7. The van der Waals surface area contributed by atoms with Crippen LogP contribution in [-0.4, -0.2) is 54.0 Å². The molecule has 0 amide bonds. The smallest absolute Gasteiger partial charge is 0.194 e. The molecule has 0 spiro atoms. The standard InChI is InChI=1S/C19H27N5S.HI/c1-15-5-4-6-17(11-15)14-23-7-9-24(10-8-23)19(20-3)22-13-18-21-12-16(2)25-18;/h4-6,11-12H,7-10,13-14H2,1-3H3,(H,20,22);1H. The lowest BCUT2D eigenvalue weighted by molar-refractivity contribution is 0.172. The monoisotopic (exact) mass is 485 g/mol. The van der Waals surface area contributed by atoms with Crippen LogP contribution in [0.4, 0.5) is 0 Å². The Morgan fingerprint density at radius 3 is 2.62 bits per heavy atom. The molecule has 2 aromatic rings. The van der Waals surface area contributed by atoms with E-state index in [0.717, 1.165) is 50.2 Å². The Morgan fingerprint density at radius 2 is 2.00 bits per heavy atom. The summed E-state index contributed by atoms with van der Waals surface area (Å²) in [5, 5.41) is 4.55. The summed E-state index contributed by atoms with van der Waals surface area (Å²) in [6, 6.07) is 8.80. The number of nitrogens with one attached hydrogen (secondary N) is 1. The second-order valence-electron chi connectivity index (χ2n) is 6.52. The number of nitrogens with zero attached hydrogens (tertiary/aromatic N) is 4. The highest BCUT2D eigenvalue weighted by Crippen LogP contribution is 2.12. The number of guanidine groups is 1. The molecule has 0 aliphatic carbocycles. The number of piperazine rings is 1. The van der Waals surface area contributed by atoms with E-state index in [1.54, 1.807) is 11.3 Å². The third-order valence-corrected chi connectivity index (χ3v) is 5.35. The molecule has 1 aromatic carbocycles. The van der Waals surface area contributed by atoms with Crippen LogP contribution < -0.4 is 5.32 Å². The first kappa shape index (κ1) is 21.1. The molecule has 142 valence electrons. The number of aromatic nitrogens is 1.